The maximum absolute atomic E-state index is 10.6. The fraction of sp³-hybridized carbons (Fsp3) is 0.300. The number of carbonyl (C=O) groups excluding carboxylic acids is 1. The summed E-state index contributed by atoms with van der Waals surface area (Å²) in [5, 5.41) is 3.03. The predicted molar refractivity (Wildman–Crippen MR) is 50.8 cm³/mol. The highest BCUT2D eigenvalue weighted by atomic mass is 16.1. The molecular formula is C10H13NO. The van der Waals surface area contributed by atoms with Gasteiger partial charge in [-0.1, -0.05) is 19.1 Å². The van der Waals surface area contributed by atoms with Gasteiger partial charge in [-0.15, -0.1) is 0 Å². The molecule has 0 aliphatic heterocycles. The van der Waals surface area contributed by atoms with Gasteiger partial charge in [-0.3, -0.25) is 4.79 Å². The molecule has 0 saturated heterocycles. The average Bonchev–Trinajstić information content (AvgIpc) is 2.16. The zero-order valence-electron chi connectivity index (χ0n) is 7.42. The van der Waals surface area contributed by atoms with Crippen molar-refractivity contribution in [2.45, 2.75) is 13.3 Å². The highest BCUT2D eigenvalue weighted by Crippen LogP contribution is 2.19. The normalized spacial score (nSPS) is 9.50. The van der Waals surface area contributed by atoms with Gasteiger partial charge in [-0.25, -0.2) is 0 Å². The molecule has 12 heavy (non-hydrogen) atoms. The standard InChI is InChI=1S/C10H13NO/c1-3-8-5-4-6-9(7-12)10(8)11-2/h4-7,11H,3H2,1-2H3. The number of hydrogen-bond acceptors (Lipinski definition) is 2. The minimum Gasteiger partial charge on any atom is -0.387 e. The molecule has 0 aliphatic rings. The smallest absolute Gasteiger partial charge is 0.152 e. The van der Waals surface area contributed by atoms with Crippen molar-refractivity contribution < 1.29 is 4.79 Å². The Morgan fingerprint density at radius 3 is 2.75 bits per heavy atom. The number of nitrogens with one attached hydrogen (secondary N) is 1. The van der Waals surface area contributed by atoms with Gasteiger partial charge in [-0.2, -0.15) is 0 Å². The number of rotatable bonds is 3. The van der Waals surface area contributed by atoms with Gasteiger partial charge < -0.3 is 5.32 Å². The Labute approximate surface area is 72.6 Å². The van der Waals surface area contributed by atoms with Crippen molar-refractivity contribution in [1.82, 2.24) is 0 Å². The number of anilines is 1. The Hall–Kier alpha value is -1.31. The molecule has 0 fully saturated rings. The van der Waals surface area contributed by atoms with Crippen molar-refractivity contribution in [2.75, 3.05) is 12.4 Å². The molecule has 0 amide bonds. The van der Waals surface area contributed by atoms with E-state index in [2.05, 4.69) is 12.2 Å². The Morgan fingerprint density at radius 1 is 1.50 bits per heavy atom. The summed E-state index contributed by atoms with van der Waals surface area (Å²) in [4.78, 5) is 10.6. The first-order chi connectivity index (χ1) is 5.83. The molecule has 1 aromatic carbocycles. The summed E-state index contributed by atoms with van der Waals surface area (Å²) in [5.41, 5.74) is 2.87. The highest BCUT2D eigenvalue weighted by molar-refractivity contribution is 5.85. The Kier molecular flexibility index (Phi) is 2.86. The Balaban J connectivity index is 3.21. The fourth-order valence-corrected chi connectivity index (χ4v) is 1.32. The zero-order chi connectivity index (χ0) is 8.97. The van der Waals surface area contributed by atoms with E-state index in [-0.39, 0.29) is 0 Å². The van der Waals surface area contributed by atoms with Crippen LogP contribution < -0.4 is 5.32 Å². The maximum Gasteiger partial charge on any atom is 0.152 e. The second kappa shape index (κ2) is 3.90. The van der Waals surface area contributed by atoms with Gasteiger partial charge in [0.25, 0.3) is 0 Å². The molecule has 0 heterocycles. The van der Waals surface area contributed by atoms with E-state index in [0.29, 0.717) is 0 Å². The predicted octanol–water partition coefficient (Wildman–Crippen LogP) is 2.10. The van der Waals surface area contributed by atoms with Crippen LogP contribution in [-0.4, -0.2) is 13.3 Å². The lowest BCUT2D eigenvalue weighted by molar-refractivity contribution is 0.112. The molecule has 0 unspecified atom stereocenters. The van der Waals surface area contributed by atoms with Gasteiger partial charge in [0.05, 0.1) is 0 Å². The van der Waals surface area contributed by atoms with E-state index in [9.17, 15) is 4.79 Å². The van der Waals surface area contributed by atoms with Gasteiger partial charge >= 0.3 is 0 Å². The molecule has 0 radical (unpaired) electrons. The number of aryl methyl sites for hydroxylation is 1. The van der Waals surface area contributed by atoms with E-state index < -0.39 is 0 Å². The summed E-state index contributed by atoms with van der Waals surface area (Å²) >= 11 is 0. The maximum atomic E-state index is 10.6. The Morgan fingerprint density at radius 2 is 2.25 bits per heavy atom. The first-order valence-electron chi connectivity index (χ1n) is 4.08. The molecule has 1 rings (SSSR count). The first-order valence-corrected chi connectivity index (χ1v) is 4.08. The number of benzene rings is 1. The third-order valence-electron chi connectivity index (χ3n) is 1.94. The van der Waals surface area contributed by atoms with Crippen LogP contribution in [0, 0.1) is 0 Å². The monoisotopic (exact) mass is 163 g/mol. The van der Waals surface area contributed by atoms with Crippen molar-refractivity contribution in [1.29, 1.82) is 0 Å². The number of para-hydroxylation sites is 1. The van der Waals surface area contributed by atoms with Crippen LogP contribution in [0.25, 0.3) is 0 Å². The largest absolute Gasteiger partial charge is 0.387 e. The lowest BCUT2D eigenvalue weighted by Gasteiger charge is -2.08. The Bertz CT molecular complexity index is 281. The zero-order valence-corrected chi connectivity index (χ0v) is 7.42. The van der Waals surface area contributed by atoms with Gasteiger partial charge in [0.1, 0.15) is 0 Å². The molecule has 0 aromatic heterocycles. The van der Waals surface area contributed by atoms with Crippen molar-refractivity contribution >= 4 is 12.0 Å². The molecule has 0 spiro atoms. The van der Waals surface area contributed by atoms with E-state index in [4.69, 9.17) is 0 Å². The second-order valence-electron chi connectivity index (χ2n) is 2.60. The van der Waals surface area contributed by atoms with Crippen LogP contribution in [0.5, 0.6) is 0 Å². The number of carbonyl (C=O) groups is 1. The van der Waals surface area contributed by atoms with Gasteiger partial charge in [0.2, 0.25) is 0 Å². The molecular weight excluding hydrogens is 150 g/mol. The summed E-state index contributed by atoms with van der Waals surface area (Å²) in [5.74, 6) is 0. The lowest BCUT2D eigenvalue weighted by Crippen LogP contribution is -1.98. The second-order valence-corrected chi connectivity index (χ2v) is 2.60. The van der Waals surface area contributed by atoms with Crippen LogP contribution in [0.2, 0.25) is 0 Å². The van der Waals surface area contributed by atoms with Gasteiger partial charge in [0.15, 0.2) is 6.29 Å². The van der Waals surface area contributed by atoms with E-state index in [0.717, 1.165) is 24.0 Å². The van der Waals surface area contributed by atoms with Crippen LogP contribution in [0.3, 0.4) is 0 Å². The van der Waals surface area contributed by atoms with Crippen molar-refractivity contribution in [2.24, 2.45) is 0 Å². The minimum absolute atomic E-state index is 0.733. The first kappa shape index (κ1) is 8.78. The van der Waals surface area contributed by atoms with E-state index in [1.165, 1.54) is 5.56 Å². The minimum atomic E-state index is 0.733. The van der Waals surface area contributed by atoms with Crippen molar-refractivity contribution in [3.05, 3.63) is 29.3 Å². The molecule has 0 atom stereocenters. The molecule has 0 aliphatic carbocycles. The van der Waals surface area contributed by atoms with Crippen LogP contribution >= 0.6 is 0 Å². The number of aldehydes is 1. The van der Waals surface area contributed by atoms with Crippen LogP contribution in [-0.2, 0) is 6.42 Å². The molecule has 1 aromatic rings. The molecule has 1 N–H and O–H groups in total. The molecule has 2 nitrogen and oxygen atoms in total. The lowest BCUT2D eigenvalue weighted by atomic mass is 10.1. The third kappa shape index (κ3) is 1.47. The third-order valence-corrected chi connectivity index (χ3v) is 1.94. The van der Waals surface area contributed by atoms with Crippen LogP contribution in [0.4, 0.5) is 5.69 Å². The summed E-state index contributed by atoms with van der Waals surface area (Å²) in [6.07, 6.45) is 1.82. The highest BCUT2D eigenvalue weighted by Gasteiger charge is 2.02. The van der Waals surface area contributed by atoms with E-state index in [1.807, 2.05) is 25.2 Å². The van der Waals surface area contributed by atoms with E-state index >= 15 is 0 Å². The molecule has 0 bridgehead atoms. The summed E-state index contributed by atoms with van der Waals surface area (Å²) < 4.78 is 0. The topological polar surface area (TPSA) is 29.1 Å². The summed E-state index contributed by atoms with van der Waals surface area (Å²) in [6.45, 7) is 2.07. The van der Waals surface area contributed by atoms with Gasteiger partial charge in [0, 0.05) is 18.3 Å². The SMILES string of the molecule is CCc1cccc(C=O)c1NC. The van der Waals surface area contributed by atoms with Crippen molar-refractivity contribution in [3.8, 4) is 0 Å². The van der Waals surface area contributed by atoms with Crippen molar-refractivity contribution in [3.63, 3.8) is 0 Å². The average molecular weight is 163 g/mol. The summed E-state index contributed by atoms with van der Waals surface area (Å²) in [6, 6.07) is 5.75. The number of hydrogen-bond donors (Lipinski definition) is 1. The molecule has 64 valence electrons. The van der Waals surface area contributed by atoms with Gasteiger partial charge in [-0.05, 0) is 18.1 Å². The summed E-state index contributed by atoms with van der Waals surface area (Å²) in [7, 11) is 1.83. The van der Waals surface area contributed by atoms with Crippen LogP contribution in [0.15, 0.2) is 18.2 Å². The quantitative estimate of drug-likeness (QED) is 0.691. The molecule has 0 saturated carbocycles. The molecule has 2 heteroatoms. The fourth-order valence-electron chi connectivity index (χ4n) is 1.32. The van der Waals surface area contributed by atoms with E-state index in [1.54, 1.807) is 0 Å². The van der Waals surface area contributed by atoms with Crippen LogP contribution in [0.1, 0.15) is 22.8 Å².